The molecule has 0 N–H and O–H groups in total. The van der Waals surface area contributed by atoms with Gasteiger partial charge in [0, 0.05) is 22.0 Å². The highest BCUT2D eigenvalue weighted by Gasteiger charge is 2.43. The molecule has 8 aromatic rings. The Balaban J connectivity index is 1.45. The second-order valence-electron chi connectivity index (χ2n) is 12.2. The van der Waals surface area contributed by atoms with Gasteiger partial charge in [0.1, 0.15) is 0 Å². The summed E-state index contributed by atoms with van der Waals surface area (Å²) in [5.41, 5.74) is 5.49. The lowest BCUT2D eigenvalue weighted by atomic mass is 9.97. The van der Waals surface area contributed by atoms with Gasteiger partial charge in [-0.3, -0.25) is 0 Å². The van der Waals surface area contributed by atoms with Crippen molar-refractivity contribution < 1.29 is 0 Å². The number of para-hydroxylation sites is 1. The maximum atomic E-state index is 10.9. The minimum atomic E-state index is -2.99. The zero-order valence-corrected chi connectivity index (χ0v) is 28.0. The second-order valence-corrected chi connectivity index (χ2v) is 16.0. The van der Waals surface area contributed by atoms with Crippen molar-refractivity contribution >= 4 is 56.3 Å². The van der Waals surface area contributed by atoms with E-state index in [0.29, 0.717) is 22.4 Å². The average Bonchev–Trinajstić information content (AvgIpc) is 3.53. The SMILES string of the molecule is [C-]#[N+]c1cc(-n2c3ccccc3c3cc(C#N)ccc32)cc(C#N)c1-c1ccccc1[Si](c1ccccc1)(c1ccccc1)c1ccccc1. The van der Waals surface area contributed by atoms with Crippen molar-refractivity contribution in [3.63, 3.8) is 0 Å². The van der Waals surface area contributed by atoms with E-state index >= 15 is 0 Å². The number of rotatable bonds is 6. The summed E-state index contributed by atoms with van der Waals surface area (Å²) in [6.07, 6.45) is 0. The van der Waals surface area contributed by atoms with E-state index in [2.05, 4.69) is 113 Å². The molecule has 50 heavy (non-hydrogen) atoms. The summed E-state index contributed by atoms with van der Waals surface area (Å²) in [6, 6.07) is 62.6. The summed E-state index contributed by atoms with van der Waals surface area (Å²) in [4.78, 5) is 4.11. The van der Waals surface area contributed by atoms with E-state index in [1.807, 2.05) is 78.9 Å². The molecule has 1 aromatic heterocycles. The Morgan fingerprint density at radius 2 is 1.10 bits per heavy atom. The Bertz CT molecular complexity index is 2540. The van der Waals surface area contributed by atoms with Crippen molar-refractivity contribution in [3.8, 4) is 29.0 Å². The quantitative estimate of drug-likeness (QED) is 0.104. The minimum absolute atomic E-state index is 0.406. The van der Waals surface area contributed by atoms with Gasteiger partial charge < -0.3 is 4.57 Å². The smallest absolute Gasteiger partial charge is 0.198 e. The first kappa shape index (κ1) is 30.4. The van der Waals surface area contributed by atoms with Gasteiger partial charge in [-0.05, 0) is 62.7 Å². The number of hydrogen-bond donors (Lipinski definition) is 0. The molecule has 0 saturated heterocycles. The fraction of sp³-hybridized carbons (Fsp3) is 0. The molecule has 232 valence electrons. The standard InChI is InChI=1S/C45H28N4Si/c1-48-41-29-34(49-42-23-13-11-21-38(42)40-27-32(30-46)25-26-43(40)49)28-33(31-47)45(41)39-22-12-14-24-44(39)50(35-15-5-2-6-16-35,36-17-7-3-8-18-36)37-19-9-4-10-20-37/h2-29H. The number of benzene rings is 7. The molecule has 0 unspecified atom stereocenters. The van der Waals surface area contributed by atoms with Crippen LogP contribution >= 0.6 is 0 Å². The molecule has 0 aliphatic rings. The molecule has 0 radical (unpaired) electrons. The van der Waals surface area contributed by atoms with Crippen LogP contribution in [0.5, 0.6) is 0 Å². The fourth-order valence-electron chi connectivity index (χ4n) is 7.58. The van der Waals surface area contributed by atoms with E-state index in [-0.39, 0.29) is 0 Å². The van der Waals surface area contributed by atoms with E-state index < -0.39 is 8.07 Å². The summed E-state index contributed by atoms with van der Waals surface area (Å²) in [5, 5.41) is 27.2. The van der Waals surface area contributed by atoms with Crippen molar-refractivity contribution in [1.29, 1.82) is 10.5 Å². The summed E-state index contributed by atoms with van der Waals surface area (Å²) in [7, 11) is -2.99. The third kappa shape index (κ3) is 4.72. The molecule has 5 heteroatoms. The first-order valence-electron chi connectivity index (χ1n) is 16.3. The van der Waals surface area contributed by atoms with Gasteiger partial charge in [0.05, 0.1) is 40.9 Å². The number of aromatic nitrogens is 1. The maximum Gasteiger partial charge on any atom is 0.198 e. The van der Waals surface area contributed by atoms with E-state index in [0.717, 1.165) is 38.2 Å². The highest BCUT2D eigenvalue weighted by molar-refractivity contribution is 7.20. The lowest BCUT2D eigenvalue weighted by Crippen LogP contribution is -2.75. The number of nitrogens with zero attached hydrogens (tertiary/aromatic N) is 4. The Kier molecular flexibility index (Phi) is 7.63. The van der Waals surface area contributed by atoms with Crippen LogP contribution in [0.15, 0.2) is 170 Å². The van der Waals surface area contributed by atoms with Crippen LogP contribution < -0.4 is 20.7 Å². The van der Waals surface area contributed by atoms with Crippen LogP contribution in [0.25, 0.3) is 43.5 Å². The van der Waals surface area contributed by atoms with E-state index in [9.17, 15) is 10.5 Å². The lowest BCUT2D eigenvalue weighted by Gasteiger charge is -2.36. The second kappa shape index (κ2) is 12.6. The first-order chi connectivity index (χ1) is 24.7. The van der Waals surface area contributed by atoms with Crippen LogP contribution in [-0.2, 0) is 0 Å². The highest BCUT2D eigenvalue weighted by Crippen LogP contribution is 2.39. The van der Waals surface area contributed by atoms with Gasteiger partial charge in [0.15, 0.2) is 13.8 Å². The largest absolute Gasteiger partial charge is 0.310 e. The van der Waals surface area contributed by atoms with Crippen LogP contribution in [0.4, 0.5) is 5.69 Å². The molecule has 0 aliphatic heterocycles. The predicted molar refractivity (Wildman–Crippen MR) is 206 cm³/mol. The molecule has 0 fully saturated rings. The highest BCUT2D eigenvalue weighted by atomic mass is 28.3. The third-order valence-corrected chi connectivity index (χ3v) is 14.5. The number of hydrogen-bond acceptors (Lipinski definition) is 2. The van der Waals surface area contributed by atoms with Gasteiger partial charge in [-0.1, -0.05) is 133 Å². The Morgan fingerprint density at radius 3 is 1.70 bits per heavy atom. The molecule has 0 saturated carbocycles. The Morgan fingerprint density at radius 1 is 0.540 bits per heavy atom. The summed E-state index contributed by atoms with van der Waals surface area (Å²) < 4.78 is 2.09. The molecule has 7 aromatic carbocycles. The van der Waals surface area contributed by atoms with E-state index in [4.69, 9.17) is 6.57 Å². The first-order valence-corrected chi connectivity index (χ1v) is 18.3. The summed E-state index contributed by atoms with van der Waals surface area (Å²) in [5.74, 6) is 0. The third-order valence-electron chi connectivity index (χ3n) is 9.62. The van der Waals surface area contributed by atoms with E-state index in [1.165, 1.54) is 15.6 Å². The molecule has 1 heterocycles. The van der Waals surface area contributed by atoms with Crippen LogP contribution in [0, 0.1) is 29.2 Å². The molecule has 4 nitrogen and oxygen atoms in total. The minimum Gasteiger partial charge on any atom is -0.310 e. The van der Waals surface area contributed by atoms with Crippen molar-refractivity contribution in [3.05, 3.63) is 192 Å². The molecular weight excluding hydrogens is 625 g/mol. The number of nitriles is 2. The van der Waals surface area contributed by atoms with Crippen LogP contribution in [0.2, 0.25) is 0 Å². The van der Waals surface area contributed by atoms with Crippen LogP contribution in [0.3, 0.4) is 0 Å². The Hall–Kier alpha value is -6.97. The molecule has 0 spiro atoms. The van der Waals surface area contributed by atoms with Gasteiger partial charge in [-0.25, -0.2) is 4.85 Å². The topological polar surface area (TPSA) is 56.9 Å². The molecule has 8 rings (SSSR count). The van der Waals surface area contributed by atoms with Gasteiger partial charge in [-0.2, -0.15) is 10.5 Å². The summed E-state index contributed by atoms with van der Waals surface area (Å²) >= 11 is 0. The zero-order chi connectivity index (χ0) is 34.1. The average molecular weight is 653 g/mol. The normalized spacial score (nSPS) is 11.1. The van der Waals surface area contributed by atoms with Crippen LogP contribution in [-0.4, -0.2) is 12.6 Å². The number of fused-ring (bicyclic) bond motifs is 3. The summed E-state index contributed by atoms with van der Waals surface area (Å²) in [6.45, 7) is 8.51. The van der Waals surface area contributed by atoms with E-state index in [1.54, 1.807) is 0 Å². The monoisotopic (exact) mass is 652 g/mol. The van der Waals surface area contributed by atoms with Crippen molar-refractivity contribution in [2.24, 2.45) is 0 Å². The molecule has 0 atom stereocenters. The van der Waals surface area contributed by atoms with Crippen molar-refractivity contribution in [2.75, 3.05) is 0 Å². The predicted octanol–water partition coefficient (Wildman–Crippen LogP) is 8.12. The lowest BCUT2D eigenvalue weighted by molar-refractivity contribution is 1.18. The fourth-order valence-corrected chi connectivity index (χ4v) is 12.5. The maximum absolute atomic E-state index is 10.9. The molecule has 0 bridgehead atoms. The van der Waals surface area contributed by atoms with Crippen LogP contribution in [0.1, 0.15) is 11.1 Å². The zero-order valence-electron chi connectivity index (χ0n) is 27.0. The molecule has 0 aliphatic carbocycles. The van der Waals surface area contributed by atoms with Gasteiger partial charge >= 0.3 is 0 Å². The Labute approximate surface area is 291 Å². The van der Waals surface area contributed by atoms with Gasteiger partial charge in [0.2, 0.25) is 0 Å². The molecule has 0 amide bonds. The molecular formula is C45H28N4Si. The van der Waals surface area contributed by atoms with Crippen molar-refractivity contribution in [2.45, 2.75) is 0 Å². The van der Waals surface area contributed by atoms with Gasteiger partial charge in [-0.15, -0.1) is 0 Å². The van der Waals surface area contributed by atoms with Crippen molar-refractivity contribution in [1.82, 2.24) is 4.57 Å². The van der Waals surface area contributed by atoms with Gasteiger partial charge in [0.25, 0.3) is 0 Å².